The number of nitrogen functional groups attached to an aromatic ring is 1. The second-order valence-electron chi connectivity index (χ2n) is 4.91. The molecule has 0 radical (unpaired) electrons. The van der Waals surface area contributed by atoms with Gasteiger partial charge in [0.15, 0.2) is 0 Å². The molecule has 2 N–H and O–H groups in total. The van der Waals surface area contributed by atoms with Crippen molar-refractivity contribution in [3.63, 3.8) is 0 Å². The molecule has 90 valence electrons. The molecular formula is C15H19NS. The van der Waals surface area contributed by atoms with E-state index in [4.69, 9.17) is 5.73 Å². The van der Waals surface area contributed by atoms with Gasteiger partial charge in [0.2, 0.25) is 0 Å². The van der Waals surface area contributed by atoms with Crippen molar-refractivity contribution in [3.8, 4) is 11.1 Å². The molecular weight excluding hydrogens is 226 g/mol. The number of rotatable bonds is 3. The number of hydrogen-bond donors (Lipinski definition) is 1. The Morgan fingerprint density at radius 1 is 1.18 bits per heavy atom. The van der Waals surface area contributed by atoms with Gasteiger partial charge in [-0.25, -0.2) is 0 Å². The Balaban J connectivity index is 2.26. The summed E-state index contributed by atoms with van der Waals surface area (Å²) >= 11 is 1.66. The Morgan fingerprint density at radius 3 is 2.29 bits per heavy atom. The Morgan fingerprint density at radius 2 is 1.82 bits per heavy atom. The van der Waals surface area contributed by atoms with Crippen LogP contribution in [-0.2, 0) is 6.42 Å². The van der Waals surface area contributed by atoms with Crippen molar-refractivity contribution in [2.75, 3.05) is 5.73 Å². The van der Waals surface area contributed by atoms with Crippen LogP contribution in [-0.4, -0.2) is 0 Å². The van der Waals surface area contributed by atoms with Crippen LogP contribution in [0.2, 0.25) is 0 Å². The third kappa shape index (κ3) is 2.89. The summed E-state index contributed by atoms with van der Waals surface area (Å²) in [5.74, 6) is 0.708. The molecule has 1 heterocycles. The van der Waals surface area contributed by atoms with Gasteiger partial charge >= 0.3 is 0 Å². The first-order chi connectivity index (χ1) is 8.06. The zero-order valence-corrected chi connectivity index (χ0v) is 11.5. The molecule has 1 aromatic heterocycles. The predicted octanol–water partition coefficient (Wildman–Crippen LogP) is 4.50. The van der Waals surface area contributed by atoms with Crippen LogP contribution in [0.5, 0.6) is 0 Å². The van der Waals surface area contributed by atoms with Gasteiger partial charge in [0.1, 0.15) is 0 Å². The zero-order chi connectivity index (χ0) is 12.4. The first-order valence-corrected chi connectivity index (χ1v) is 6.83. The van der Waals surface area contributed by atoms with E-state index in [9.17, 15) is 0 Å². The van der Waals surface area contributed by atoms with Gasteiger partial charge in [0.25, 0.3) is 0 Å². The van der Waals surface area contributed by atoms with Crippen LogP contribution in [0, 0.1) is 12.8 Å². The highest BCUT2D eigenvalue weighted by Crippen LogP contribution is 2.32. The molecule has 0 fully saturated rings. The monoisotopic (exact) mass is 245 g/mol. The summed E-state index contributed by atoms with van der Waals surface area (Å²) in [6.07, 6.45) is 1.14. The minimum absolute atomic E-state index is 0.708. The summed E-state index contributed by atoms with van der Waals surface area (Å²) in [5.41, 5.74) is 9.77. The normalized spacial score (nSPS) is 11.1. The number of nitrogens with two attached hydrogens (primary N) is 1. The molecule has 2 rings (SSSR count). The zero-order valence-electron chi connectivity index (χ0n) is 10.7. The van der Waals surface area contributed by atoms with Crippen molar-refractivity contribution in [2.24, 2.45) is 5.92 Å². The van der Waals surface area contributed by atoms with E-state index >= 15 is 0 Å². The molecule has 0 unspecified atom stereocenters. The second kappa shape index (κ2) is 4.92. The van der Waals surface area contributed by atoms with E-state index in [1.807, 2.05) is 0 Å². The number of hydrogen-bond acceptors (Lipinski definition) is 2. The van der Waals surface area contributed by atoms with Crippen LogP contribution in [0.25, 0.3) is 11.1 Å². The van der Waals surface area contributed by atoms with E-state index in [-0.39, 0.29) is 0 Å². The molecule has 0 spiro atoms. The molecule has 0 bridgehead atoms. The summed E-state index contributed by atoms with van der Waals surface area (Å²) in [7, 11) is 0. The standard InChI is InChI=1S/C15H19NS/c1-10(2)8-12-4-6-13(7-5-12)14-9-15(16)17-11(14)3/h4-7,9-10H,8,16H2,1-3H3. The van der Waals surface area contributed by atoms with Gasteiger partial charge in [-0.05, 0) is 42.0 Å². The maximum Gasteiger partial charge on any atom is 0.0865 e. The lowest BCUT2D eigenvalue weighted by molar-refractivity contribution is 0.647. The number of benzene rings is 1. The summed E-state index contributed by atoms with van der Waals surface area (Å²) in [4.78, 5) is 1.29. The lowest BCUT2D eigenvalue weighted by Gasteiger charge is -2.06. The van der Waals surface area contributed by atoms with Crippen LogP contribution >= 0.6 is 11.3 Å². The van der Waals surface area contributed by atoms with E-state index in [0.717, 1.165) is 11.4 Å². The van der Waals surface area contributed by atoms with Crippen molar-refractivity contribution < 1.29 is 0 Å². The molecule has 0 aliphatic carbocycles. The maximum absolute atomic E-state index is 5.83. The van der Waals surface area contributed by atoms with Gasteiger partial charge in [0, 0.05) is 4.88 Å². The van der Waals surface area contributed by atoms with Gasteiger partial charge in [-0.1, -0.05) is 38.1 Å². The third-order valence-corrected chi connectivity index (χ3v) is 3.73. The van der Waals surface area contributed by atoms with Crippen molar-refractivity contribution in [1.82, 2.24) is 0 Å². The second-order valence-corrected chi connectivity index (χ2v) is 6.20. The highest BCUT2D eigenvalue weighted by Gasteiger charge is 2.06. The fourth-order valence-electron chi connectivity index (χ4n) is 2.08. The number of anilines is 1. The Hall–Kier alpha value is -1.28. The molecule has 0 saturated carbocycles. The van der Waals surface area contributed by atoms with Crippen LogP contribution in [0.15, 0.2) is 30.3 Å². The lowest BCUT2D eigenvalue weighted by atomic mass is 9.99. The Bertz CT molecular complexity index is 494. The molecule has 0 aliphatic rings. The molecule has 1 nitrogen and oxygen atoms in total. The molecule has 17 heavy (non-hydrogen) atoms. The van der Waals surface area contributed by atoms with Crippen LogP contribution in [0.3, 0.4) is 0 Å². The largest absolute Gasteiger partial charge is 0.391 e. The molecule has 0 amide bonds. The molecule has 0 atom stereocenters. The van der Waals surface area contributed by atoms with Crippen LogP contribution < -0.4 is 5.73 Å². The van der Waals surface area contributed by atoms with Crippen LogP contribution in [0.1, 0.15) is 24.3 Å². The Labute approximate surface area is 107 Å². The minimum atomic E-state index is 0.708. The SMILES string of the molecule is Cc1sc(N)cc1-c1ccc(CC(C)C)cc1. The molecule has 2 aromatic rings. The topological polar surface area (TPSA) is 26.0 Å². The molecule has 1 aromatic carbocycles. The van der Waals surface area contributed by atoms with Gasteiger partial charge < -0.3 is 5.73 Å². The minimum Gasteiger partial charge on any atom is -0.391 e. The van der Waals surface area contributed by atoms with E-state index in [0.29, 0.717) is 5.92 Å². The summed E-state index contributed by atoms with van der Waals surface area (Å²) in [5, 5.41) is 0.892. The van der Waals surface area contributed by atoms with Crippen molar-refractivity contribution >= 4 is 16.3 Å². The fraction of sp³-hybridized carbons (Fsp3) is 0.333. The maximum atomic E-state index is 5.83. The quantitative estimate of drug-likeness (QED) is 0.846. The van der Waals surface area contributed by atoms with Gasteiger partial charge in [-0.15, -0.1) is 11.3 Å². The summed E-state index contributed by atoms with van der Waals surface area (Å²) < 4.78 is 0. The van der Waals surface area contributed by atoms with E-state index in [1.54, 1.807) is 11.3 Å². The molecule has 0 aliphatic heterocycles. The average Bonchev–Trinajstić information content (AvgIpc) is 2.58. The third-order valence-electron chi connectivity index (χ3n) is 2.85. The van der Waals surface area contributed by atoms with Crippen molar-refractivity contribution in [3.05, 3.63) is 40.8 Å². The lowest BCUT2D eigenvalue weighted by Crippen LogP contribution is -1.93. The smallest absolute Gasteiger partial charge is 0.0865 e. The average molecular weight is 245 g/mol. The van der Waals surface area contributed by atoms with Crippen LogP contribution in [0.4, 0.5) is 5.00 Å². The first-order valence-electron chi connectivity index (χ1n) is 6.01. The van der Waals surface area contributed by atoms with E-state index in [2.05, 4.69) is 51.1 Å². The summed E-state index contributed by atoms with van der Waals surface area (Å²) in [6.45, 7) is 6.62. The highest BCUT2D eigenvalue weighted by atomic mass is 32.1. The van der Waals surface area contributed by atoms with Gasteiger partial charge in [-0.2, -0.15) is 0 Å². The molecule has 0 saturated heterocycles. The number of thiophene rings is 1. The predicted molar refractivity (Wildman–Crippen MR) is 77.4 cm³/mol. The summed E-state index contributed by atoms with van der Waals surface area (Å²) in [6, 6.07) is 10.9. The first kappa shape index (κ1) is 12.2. The fourth-order valence-corrected chi connectivity index (χ4v) is 2.90. The molecule has 2 heteroatoms. The Kier molecular flexibility index (Phi) is 3.53. The van der Waals surface area contributed by atoms with E-state index in [1.165, 1.54) is 21.6 Å². The highest BCUT2D eigenvalue weighted by molar-refractivity contribution is 7.16. The number of aryl methyl sites for hydroxylation is 1. The van der Waals surface area contributed by atoms with E-state index < -0.39 is 0 Å². The van der Waals surface area contributed by atoms with Crippen molar-refractivity contribution in [1.29, 1.82) is 0 Å². The van der Waals surface area contributed by atoms with Gasteiger partial charge in [0.05, 0.1) is 5.00 Å². The van der Waals surface area contributed by atoms with Crippen molar-refractivity contribution in [2.45, 2.75) is 27.2 Å². The van der Waals surface area contributed by atoms with Gasteiger partial charge in [-0.3, -0.25) is 0 Å².